The average Bonchev–Trinajstić information content (AvgIpc) is 2.38. The van der Waals surface area contributed by atoms with Crippen molar-refractivity contribution in [2.45, 2.75) is 13.0 Å². The largest absolute Gasteiger partial charge is 0.378 e. The van der Waals surface area contributed by atoms with E-state index in [1.54, 1.807) is 24.3 Å². The van der Waals surface area contributed by atoms with Gasteiger partial charge in [0.15, 0.2) is 0 Å². The maximum absolute atomic E-state index is 8.85. The van der Waals surface area contributed by atoms with Gasteiger partial charge in [-0.2, -0.15) is 5.26 Å². The molecule has 0 spiro atoms. The van der Waals surface area contributed by atoms with Crippen molar-refractivity contribution in [2.75, 3.05) is 5.32 Å². The standard InChI is InChI=1S/C15H11Cl3N2/c1-9(13-5-3-11(16)6-15(13)18)20-12-4-2-10(8-19)14(17)7-12/h2-7,9,20H,1H3. The lowest BCUT2D eigenvalue weighted by molar-refractivity contribution is 0.885. The Hall–Kier alpha value is -1.40. The molecule has 0 fully saturated rings. The number of nitrogens with zero attached hydrogens (tertiary/aromatic N) is 1. The first kappa shape index (κ1) is 15.0. The molecule has 0 saturated heterocycles. The molecular formula is C15H11Cl3N2. The second-order valence-electron chi connectivity index (χ2n) is 4.34. The minimum Gasteiger partial charge on any atom is -0.378 e. The molecule has 2 nitrogen and oxygen atoms in total. The third-order valence-corrected chi connectivity index (χ3v) is 3.78. The number of anilines is 1. The smallest absolute Gasteiger partial charge is 0.101 e. The van der Waals surface area contributed by atoms with Crippen molar-refractivity contribution < 1.29 is 0 Å². The summed E-state index contributed by atoms with van der Waals surface area (Å²) in [4.78, 5) is 0. The zero-order chi connectivity index (χ0) is 14.7. The third kappa shape index (κ3) is 3.37. The Balaban J connectivity index is 2.21. The van der Waals surface area contributed by atoms with Crippen LogP contribution in [0.15, 0.2) is 36.4 Å². The lowest BCUT2D eigenvalue weighted by Gasteiger charge is -2.17. The van der Waals surface area contributed by atoms with Gasteiger partial charge < -0.3 is 5.32 Å². The molecule has 0 aromatic heterocycles. The minimum atomic E-state index is -0.0104. The Bertz CT molecular complexity index is 677. The normalized spacial score (nSPS) is 11.8. The Kier molecular flexibility index (Phi) is 4.77. The second kappa shape index (κ2) is 6.37. The van der Waals surface area contributed by atoms with Crippen LogP contribution in [0.1, 0.15) is 24.1 Å². The molecular weight excluding hydrogens is 315 g/mol. The van der Waals surface area contributed by atoms with Gasteiger partial charge in [0.2, 0.25) is 0 Å². The molecule has 2 aromatic rings. The van der Waals surface area contributed by atoms with Crippen LogP contribution in [0.4, 0.5) is 5.69 Å². The molecule has 20 heavy (non-hydrogen) atoms. The van der Waals surface area contributed by atoms with E-state index in [1.807, 2.05) is 25.1 Å². The van der Waals surface area contributed by atoms with E-state index in [-0.39, 0.29) is 6.04 Å². The Labute approximate surface area is 132 Å². The van der Waals surface area contributed by atoms with Crippen molar-refractivity contribution in [3.05, 3.63) is 62.6 Å². The zero-order valence-corrected chi connectivity index (χ0v) is 12.9. The van der Waals surface area contributed by atoms with Crippen LogP contribution in [-0.2, 0) is 0 Å². The van der Waals surface area contributed by atoms with Gasteiger partial charge in [0.05, 0.1) is 10.6 Å². The number of nitrogens with one attached hydrogen (secondary N) is 1. The van der Waals surface area contributed by atoms with Crippen LogP contribution >= 0.6 is 34.8 Å². The van der Waals surface area contributed by atoms with Crippen molar-refractivity contribution in [3.8, 4) is 6.07 Å². The summed E-state index contributed by atoms with van der Waals surface area (Å²) < 4.78 is 0. The molecule has 1 atom stereocenters. The van der Waals surface area contributed by atoms with Crippen LogP contribution in [0.25, 0.3) is 0 Å². The van der Waals surface area contributed by atoms with Gasteiger partial charge in [-0.15, -0.1) is 0 Å². The van der Waals surface area contributed by atoms with Crippen molar-refractivity contribution >= 4 is 40.5 Å². The molecule has 0 aliphatic carbocycles. The molecule has 102 valence electrons. The first-order valence-electron chi connectivity index (χ1n) is 5.92. The van der Waals surface area contributed by atoms with Crippen LogP contribution in [0.2, 0.25) is 15.1 Å². The highest BCUT2D eigenvalue weighted by molar-refractivity contribution is 6.35. The molecule has 2 rings (SSSR count). The summed E-state index contributed by atoms with van der Waals surface area (Å²) in [6.07, 6.45) is 0. The summed E-state index contributed by atoms with van der Waals surface area (Å²) in [5.41, 5.74) is 2.22. The van der Waals surface area contributed by atoms with E-state index in [0.29, 0.717) is 20.6 Å². The molecule has 0 heterocycles. The Morgan fingerprint density at radius 2 is 1.80 bits per heavy atom. The number of hydrogen-bond acceptors (Lipinski definition) is 2. The first-order chi connectivity index (χ1) is 9.51. The highest BCUT2D eigenvalue weighted by Crippen LogP contribution is 2.29. The first-order valence-corrected chi connectivity index (χ1v) is 7.06. The fourth-order valence-electron chi connectivity index (χ4n) is 1.88. The lowest BCUT2D eigenvalue weighted by Crippen LogP contribution is -2.07. The maximum atomic E-state index is 8.85. The molecule has 2 aromatic carbocycles. The molecule has 0 bridgehead atoms. The van der Waals surface area contributed by atoms with Crippen LogP contribution in [0.5, 0.6) is 0 Å². The van der Waals surface area contributed by atoms with E-state index in [4.69, 9.17) is 40.1 Å². The van der Waals surface area contributed by atoms with Gasteiger partial charge in [0, 0.05) is 21.8 Å². The summed E-state index contributed by atoms with van der Waals surface area (Å²) in [7, 11) is 0. The Morgan fingerprint density at radius 3 is 2.40 bits per heavy atom. The van der Waals surface area contributed by atoms with Crippen molar-refractivity contribution in [3.63, 3.8) is 0 Å². The fraction of sp³-hybridized carbons (Fsp3) is 0.133. The highest BCUT2D eigenvalue weighted by atomic mass is 35.5. The van der Waals surface area contributed by atoms with Gasteiger partial charge in [0.25, 0.3) is 0 Å². The van der Waals surface area contributed by atoms with Crippen molar-refractivity contribution in [2.24, 2.45) is 0 Å². The maximum Gasteiger partial charge on any atom is 0.101 e. The SMILES string of the molecule is CC(Nc1ccc(C#N)c(Cl)c1)c1ccc(Cl)cc1Cl. The Morgan fingerprint density at radius 1 is 1.05 bits per heavy atom. The van der Waals surface area contributed by atoms with Gasteiger partial charge in [-0.1, -0.05) is 40.9 Å². The van der Waals surface area contributed by atoms with Gasteiger partial charge in [-0.25, -0.2) is 0 Å². The topological polar surface area (TPSA) is 35.8 Å². The third-order valence-electron chi connectivity index (χ3n) is 2.90. The van der Waals surface area contributed by atoms with E-state index in [1.165, 1.54) is 0 Å². The van der Waals surface area contributed by atoms with Crippen molar-refractivity contribution in [1.82, 2.24) is 0 Å². The summed E-state index contributed by atoms with van der Waals surface area (Å²) in [5.74, 6) is 0. The number of benzene rings is 2. The minimum absolute atomic E-state index is 0.0104. The number of hydrogen-bond donors (Lipinski definition) is 1. The van der Waals surface area contributed by atoms with E-state index in [9.17, 15) is 0 Å². The van der Waals surface area contributed by atoms with Gasteiger partial charge in [-0.3, -0.25) is 0 Å². The quantitative estimate of drug-likeness (QED) is 0.786. The molecule has 0 aliphatic rings. The molecule has 0 amide bonds. The van der Waals surface area contributed by atoms with Crippen LogP contribution < -0.4 is 5.32 Å². The molecule has 1 N–H and O–H groups in total. The molecule has 0 saturated carbocycles. The van der Waals surface area contributed by atoms with E-state index < -0.39 is 0 Å². The fourth-order valence-corrected chi connectivity index (χ4v) is 2.67. The van der Waals surface area contributed by atoms with Gasteiger partial charge >= 0.3 is 0 Å². The van der Waals surface area contributed by atoms with E-state index >= 15 is 0 Å². The number of nitriles is 1. The lowest BCUT2D eigenvalue weighted by atomic mass is 10.1. The van der Waals surface area contributed by atoms with Crippen LogP contribution in [0.3, 0.4) is 0 Å². The molecule has 0 radical (unpaired) electrons. The predicted octanol–water partition coefficient (Wildman–Crippen LogP) is 5.69. The average molecular weight is 326 g/mol. The second-order valence-corrected chi connectivity index (χ2v) is 5.59. The van der Waals surface area contributed by atoms with E-state index in [2.05, 4.69) is 5.32 Å². The summed E-state index contributed by atoms with van der Waals surface area (Å²) in [6, 6.07) is 12.6. The summed E-state index contributed by atoms with van der Waals surface area (Å²) in [5, 5.41) is 13.8. The van der Waals surface area contributed by atoms with Crippen LogP contribution in [0, 0.1) is 11.3 Å². The van der Waals surface area contributed by atoms with Gasteiger partial charge in [-0.05, 0) is 42.8 Å². The molecule has 1 unspecified atom stereocenters. The predicted molar refractivity (Wildman–Crippen MR) is 84.7 cm³/mol. The van der Waals surface area contributed by atoms with Crippen LogP contribution in [-0.4, -0.2) is 0 Å². The van der Waals surface area contributed by atoms with Crippen molar-refractivity contribution in [1.29, 1.82) is 5.26 Å². The zero-order valence-electron chi connectivity index (χ0n) is 10.6. The summed E-state index contributed by atoms with van der Waals surface area (Å²) in [6.45, 7) is 1.99. The van der Waals surface area contributed by atoms with E-state index in [0.717, 1.165) is 11.3 Å². The van der Waals surface area contributed by atoms with Gasteiger partial charge in [0.1, 0.15) is 6.07 Å². The summed E-state index contributed by atoms with van der Waals surface area (Å²) >= 11 is 18.1. The number of rotatable bonds is 3. The number of halogens is 3. The molecule has 0 aliphatic heterocycles. The highest BCUT2D eigenvalue weighted by Gasteiger charge is 2.11. The monoisotopic (exact) mass is 324 g/mol. The molecule has 5 heteroatoms.